The minimum Gasteiger partial charge on any atom is -0.508 e. The molecule has 5 nitrogen and oxygen atoms in total. The fourth-order valence-electron chi connectivity index (χ4n) is 1.66. The molecule has 1 amide bonds. The van der Waals surface area contributed by atoms with Crippen LogP contribution in [0.3, 0.4) is 0 Å². The topological polar surface area (TPSA) is 95.6 Å². The molecule has 5 heteroatoms. The van der Waals surface area contributed by atoms with Crippen LogP contribution in [0.2, 0.25) is 0 Å². The SMILES string of the molecule is Cc1cc(C(=O)Nc2ccc(O)cc2N)ccc1O. The molecule has 0 atom stereocenters. The summed E-state index contributed by atoms with van der Waals surface area (Å²) in [6, 6.07) is 8.89. The van der Waals surface area contributed by atoms with E-state index in [1.807, 2.05) is 0 Å². The molecule has 0 aliphatic heterocycles. The van der Waals surface area contributed by atoms with Gasteiger partial charge >= 0.3 is 0 Å². The zero-order valence-corrected chi connectivity index (χ0v) is 10.3. The number of amides is 1. The van der Waals surface area contributed by atoms with E-state index in [1.165, 1.54) is 30.3 Å². The average Bonchev–Trinajstić information content (AvgIpc) is 2.36. The molecule has 98 valence electrons. The Labute approximate surface area is 110 Å². The van der Waals surface area contributed by atoms with Gasteiger partial charge in [-0.25, -0.2) is 0 Å². The number of carbonyl (C=O) groups is 1. The lowest BCUT2D eigenvalue weighted by Gasteiger charge is -2.09. The quantitative estimate of drug-likeness (QED) is 0.490. The smallest absolute Gasteiger partial charge is 0.255 e. The van der Waals surface area contributed by atoms with E-state index in [1.54, 1.807) is 13.0 Å². The summed E-state index contributed by atoms with van der Waals surface area (Å²) < 4.78 is 0. The number of phenolic OH excluding ortho intramolecular Hbond substituents is 2. The molecular weight excluding hydrogens is 244 g/mol. The van der Waals surface area contributed by atoms with Gasteiger partial charge in [0.05, 0.1) is 11.4 Å². The van der Waals surface area contributed by atoms with Gasteiger partial charge in [-0.15, -0.1) is 0 Å². The molecule has 2 rings (SSSR count). The Kier molecular flexibility index (Phi) is 3.29. The molecule has 0 aliphatic carbocycles. The molecule has 2 aromatic carbocycles. The molecule has 0 saturated heterocycles. The zero-order chi connectivity index (χ0) is 14.0. The second-order valence-corrected chi connectivity index (χ2v) is 4.23. The highest BCUT2D eigenvalue weighted by Crippen LogP contribution is 2.24. The molecule has 0 heterocycles. The number of nitrogen functional groups attached to an aromatic ring is 1. The van der Waals surface area contributed by atoms with Gasteiger partial charge in [-0.2, -0.15) is 0 Å². The number of rotatable bonds is 2. The number of anilines is 2. The standard InChI is InChI=1S/C14H14N2O3/c1-8-6-9(2-5-13(8)18)14(19)16-12-4-3-10(17)7-11(12)15/h2-7,17-18H,15H2,1H3,(H,16,19). The second-order valence-electron chi connectivity index (χ2n) is 4.23. The lowest BCUT2D eigenvalue weighted by Crippen LogP contribution is -2.13. The molecular formula is C14H14N2O3. The first-order chi connectivity index (χ1) is 8.97. The maximum atomic E-state index is 12.0. The van der Waals surface area contributed by atoms with Crippen molar-refractivity contribution in [3.63, 3.8) is 0 Å². The summed E-state index contributed by atoms with van der Waals surface area (Å²) in [4.78, 5) is 12.0. The van der Waals surface area contributed by atoms with Gasteiger partial charge in [-0.05, 0) is 42.8 Å². The van der Waals surface area contributed by atoms with Crippen molar-refractivity contribution in [1.29, 1.82) is 0 Å². The summed E-state index contributed by atoms with van der Waals surface area (Å²) in [5, 5.41) is 21.3. The fraction of sp³-hybridized carbons (Fsp3) is 0.0714. The number of phenols is 2. The average molecular weight is 258 g/mol. The molecule has 0 bridgehead atoms. The molecule has 0 aliphatic rings. The van der Waals surface area contributed by atoms with E-state index >= 15 is 0 Å². The molecule has 0 aromatic heterocycles. The van der Waals surface area contributed by atoms with Gasteiger partial charge in [0.1, 0.15) is 11.5 Å². The Balaban J connectivity index is 2.23. The molecule has 5 N–H and O–H groups in total. The van der Waals surface area contributed by atoms with Crippen molar-refractivity contribution in [1.82, 2.24) is 0 Å². The molecule has 0 unspecified atom stereocenters. The van der Waals surface area contributed by atoms with E-state index in [-0.39, 0.29) is 23.1 Å². The number of carbonyl (C=O) groups excluding carboxylic acids is 1. The third kappa shape index (κ3) is 2.77. The van der Waals surface area contributed by atoms with E-state index in [2.05, 4.69) is 5.32 Å². The van der Waals surface area contributed by atoms with E-state index in [9.17, 15) is 15.0 Å². The monoisotopic (exact) mass is 258 g/mol. The maximum absolute atomic E-state index is 12.0. The molecule has 0 spiro atoms. The van der Waals surface area contributed by atoms with Gasteiger partial charge in [0.25, 0.3) is 5.91 Å². The number of hydrogen-bond acceptors (Lipinski definition) is 4. The first-order valence-corrected chi connectivity index (χ1v) is 5.67. The minimum atomic E-state index is -0.333. The Hall–Kier alpha value is -2.69. The first-order valence-electron chi connectivity index (χ1n) is 5.67. The number of aryl methyl sites for hydroxylation is 1. The van der Waals surface area contributed by atoms with Crippen molar-refractivity contribution in [2.24, 2.45) is 0 Å². The van der Waals surface area contributed by atoms with Crippen LogP contribution >= 0.6 is 0 Å². The van der Waals surface area contributed by atoms with Crippen LogP contribution < -0.4 is 11.1 Å². The van der Waals surface area contributed by atoms with Crippen LogP contribution in [0.1, 0.15) is 15.9 Å². The van der Waals surface area contributed by atoms with Gasteiger partial charge < -0.3 is 21.3 Å². The number of benzene rings is 2. The lowest BCUT2D eigenvalue weighted by atomic mass is 10.1. The summed E-state index contributed by atoms with van der Waals surface area (Å²) in [5.41, 5.74) is 7.43. The predicted octanol–water partition coefficient (Wildman–Crippen LogP) is 2.24. The van der Waals surface area contributed by atoms with Crippen molar-refractivity contribution in [3.8, 4) is 11.5 Å². The lowest BCUT2D eigenvalue weighted by molar-refractivity contribution is 0.102. The highest BCUT2D eigenvalue weighted by Gasteiger charge is 2.09. The summed E-state index contributed by atoms with van der Waals surface area (Å²) in [5.74, 6) is -0.155. The largest absolute Gasteiger partial charge is 0.508 e. The molecule has 2 aromatic rings. The van der Waals surface area contributed by atoms with Crippen LogP contribution in [0.25, 0.3) is 0 Å². The van der Waals surface area contributed by atoms with Gasteiger partial charge in [0.2, 0.25) is 0 Å². The third-order valence-electron chi connectivity index (χ3n) is 2.74. The summed E-state index contributed by atoms with van der Waals surface area (Å²) in [6.45, 7) is 1.71. The van der Waals surface area contributed by atoms with Crippen LogP contribution in [0.15, 0.2) is 36.4 Å². The van der Waals surface area contributed by atoms with Crippen LogP contribution in [0.4, 0.5) is 11.4 Å². The highest BCUT2D eigenvalue weighted by atomic mass is 16.3. The Morgan fingerprint density at radius 2 is 1.89 bits per heavy atom. The fourth-order valence-corrected chi connectivity index (χ4v) is 1.66. The van der Waals surface area contributed by atoms with Crippen molar-refractivity contribution in [2.75, 3.05) is 11.1 Å². The second kappa shape index (κ2) is 4.89. The number of aromatic hydroxyl groups is 2. The summed E-state index contributed by atoms with van der Waals surface area (Å²) in [6.07, 6.45) is 0. The van der Waals surface area contributed by atoms with Gasteiger partial charge in [-0.1, -0.05) is 0 Å². The summed E-state index contributed by atoms with van der Waals surface area (Å²) >= 11 is 0. The Morgan fingerprint density at radius 3 is 2.53 bits per heavy atom. The van der Waals surface area contributed by atoms with Gasteiger partial charge in [-0.3, -0.25) is 4.79 Å². The summed E-state index contributed by atoms with van der Waals surface area (Å²) in [7, 11) is 0. The van der Waals surface area contributed by atoms with Gasteiger partial charge in [0, 0.05) is 11.6 Å². The molecule has 0 saturated carbocycles. The van der Waals surface area contributed by atoms with Crippen molar-refractivity contribution in [3.05, 3.63) is 47.5 Å². The maximum Gasteiger partial charge on any atom is 0.255 e. The zero-order valence-electron chi connectivity index (χ0n) is 10.3. The normalized spacial score (nSPS) is 10.2. The number of nitrogens with one attached hydrogen (secondary N) is 1. The van der Waals surface area contributed by atoms with Gasteiger partial charge in [0.15, 0.2) is 0 Å². The van der Waals surface area contributed by atoms with Crippen molar-refractivity contribution in [2.45, 2.75) is 6.92 Å². The Morgan fingerprint density at radius 1 is 1.16 bits per heavy atom. The predicted molar refractivity (Wildman–Crippen MR) is 73.3 cm³/mol. The molecule has 0 radical (unpaired) electrons. The minimum absolute atomic E-state index is 0.0379. The van der Waals surface area contributed by atoms with E-state index in [4.69, 9.17) is 5.73 Å². The van der Waals surface area contributed by atoms with Crippen LogP contribution in [-0.4, -0.2) is 16.1 Å². The highest BCUT2D eigenvalue weighted by molar-refractivity contribution is 6.06. The first kappa shape index (κ1) is 12.8. The van der Waals surface area contributed by atoms with Crippen molar-refractivity contribution >= 4 is 17.3 Å². The number of hydrogen-bond donors (Lipinski definition) is 4. The van der Waals surface area contributed by atoms with Crippen molar-refractivity contribution < 1.29 is 15.0 Å². The van der Waals surface area contributed by atoms with Crippen LogP contribution in [-0.2, 0) is 0 Å². The van der Waals surface area contributed by atoms with E-state index < -0.39 is 0 Å². The number of nitrogens with two attached hydrogens (primary N) is 1. The Bertz CT molecular complexity index is 639. The third-order valence-corrected chi connectivity index (χ3v) is 2.74. The van der Waals surface area contributed by atoms with Crippen LogP contribution in [0.5, 0.6) is 11.5 Å². The van der Waals surface area contributed by atoms with E-state index in [0.717, 1.165) is 0 Å². The molecule has 0 fully saturated rings. The molecule has 19 heavy (non-hydrogen) atoms. The van der Waals surface area contributed by atoms with Crippen LogP contribution in [0, 0.1) is 6.92 Å². The van der Waals surface area contributed by atoms with E-state index in [0.29, 0.717) is 16.8 Å².